The van der Waals surface area contributed by atoms with Crippen LogP contribution in [0.15, 0.2) is 73.1 Å². The van der Waals surface area contributed by atoms with Crippen LogP contribution in [-0.4, -0.2) is 42.5 Å². The highest BCUT2D eigenvalue weighted by molar-refractivity contribution is 6.58. The summed E-state index contributed by atoms with van der Waals surface area (Å²) in [5.41, 5.74) is 4.80. The first-order valence-corrected chi connectivity index (χ1v) is 9.59. The zero-order valence-corrected chi connectivity index (χ0v) is 16.5. The Labute approximate surface area is 172 Å². The molecule has 0 aliphatic heterocycles. The smallest absolute Gasteiger partial charge is 0.423 e. The van der Waals surface area contributed by atoms with Crippen molar-refractivity contribution in [2.75, 3.05) is 25.1 Å². The number of aliphatic hydroxyl groups excluding tert-OH is 1. The number of aliphatic hydroxyl groups is 1. The molecule has 0 amide bonds. The summed E-state index contributed by atoms with van der Waals surface area (Å²) >= 11 is 0. The summed E-state index contributed by atoms with van der Waals surface area (Å²) < 4.78 is 2.05. The van der Waals surface area contributed by atoms with Crippen molar-refractivity contribution >= 4 is 30.4 Å². The number of benzene rings is 2. The minimum atomic E-state index is -1.45. The lowest BCUT2D eigenvalue weighted by Crippen LogP contribution is -2.35. The Morgan fingerprint density at radius 1 is 0.931 bits per heavy atom. The molecule has 2 aromatic carbocycles. The average molecular weight is 389 g/mol. The summed E-state index contributed by atoms with van der Waals surface area (Å²) in [6.45, 7) is 1.42. The van der Waals surface area contributed by atoms with Gasteiger partial charge in [0.15, 0.2) is 18.9 Å². The Bertz CT molecular complexity index is 941. The number of aromatic nitrogens is 1. The van der Waals surface area contributed by atoms with E-state index >= 15 is 0 Å². The number of rotatable bonds is 8. The first-order valence-electron chi connectivity index (χ1n) is 9.59. The highest BCUT2D eigenvalue weighted by atomic mass is 16.4. The topological polar surface area (TPSA) is 67.8 Å². The fourth-order valence-electron chi connectivity index (χ4n) is 3.06. The summed E-state index contributed by atoms with van der Waals surface area (Å²) in [5, 5.41) is 27.6. The SMILES string of the molecule is CN(CCO)c1ccc(/C=C/c2cc[n+](Cc3cccc(B(O)O)c3)cc2)cc1. The molecule has 0 spiro atoms. The highest BCUT2D eigenvalue weighted by Crippen LogP contribution is 2.15. The van der Waals surface area contributed by atoms with Crippen LogP contribution in [0.25, 0.3) is 12.2 Å². The fourth-order valence-corrected chi connectivity index (χ4v) is 3.06. The van der Waals surface area contributed by atoms with Crippen LogP contribution >= 0.6 is 0 Å². The minimum Gasteiger partial charge on any atom is -0.423 e. The van der Waals surface area contributed by atoms with Gasteiger partial charge in [-0.1, -0.05) is 48.6 Å². The Balaban J connectivity index is 1.62. The molecule has 0 unspecified atom stereocenters. The van der Waals surface area contributed by atoms with Crippen LogP contribution in [0.5, 0.6) is 0 Å². The van der Waals surface area contributed by atoms with Crippen LogP contribution in [0.1, 0.15) is 16.7 Å². The molecule has 0 aliphatic carbocycles. The summed E-state index contributed by atoms with van der Waals surface area (Å²) in [6, 6.07) is 19.6. The van der Waals surface area contributed by atoms with E-state index in [4.69, 9.17) is 5.11 Å². The molecule has 0 saturated heterocycles. The number of hydrogen-bond acceptors (Lipinski definition) is 4. The Morgan fingerprint density at radius 2 is 1.59 bits per heavy atom. The summed E-state index contributed by atoms with van der Waals surface area (Å²) in [5.74, 6) is 0. The van der Waals surface area contributed by atoms with Crippen LogP contribution in [0, 0.1) is 0 Å². The van der Waals surface area contributed by atoms with Crippen molar-refractivity contribution in [1.29, 1.82) is 0 Å². The summed E-state index contributed by atoms with van der Waals surface area (Å²) in [6.07, 6.45) is 8.16. The Hall–Kier alpha value is -2.93. The van der Waals surface area contributed by atoms with Gasteiger partial charge in [-0.2, -0.15) is 0 Å². The van der Waals surface area contributed by atoms with Gasteiger partial charge in [0.05, 0.1) is 6.61 Å². The van der Waals surface area contributed by atoms with Gasteiger partial charge in [-0.15, -0.1) is 0 Å². The highest BCUT2D eigenvalue weighted by Gasteiger charge is 2.12. The van der Waals surface area contributed by atoms with E-state index in [1.807, 2.05) is 65.3 Å². The van der Waals surface area contributed by atoms with Crippen LogP contribution < -0.4 is 14.9 Å². The van der Waals surface area contributed by atoms with E-state index in [0.717, 1.165) is 22.4 Å². The van der Waals surface area contributed by atoms with Crippen LogP contribution in [0.2, 0.25) is 0 Å². The third-order valence-electron chi connectivity index (χ3n) is 4.77. The summed E-state index contributed by atoms with van der Waals surface area (Å²) in [4.78, 5) is 2.01. The number of nitrogens with zero attached hydrogens (tertiary/aromatic N) is 2. The van der Waals surface area contributed by atoms with Crippen LogP contribution in [0.3, 0.4) is 0 Å². The van der Waals surface area contributed by atoms with Gasteiger partial charge in [0.2, 0.25) is 0 Å². The number of hydrogen-bond donors (Lipinski definition) is 3. The largest absolute Gasteiger partial charge is 0.488 e. The molecule has 1 aromatic heterocycles. The molecule has 0 bridgehead atoms. The molecule has 0 radical (unpaired) electrons. The third-order valence-corrected chi connectivity index (χ3v) is 4.77. The third kappa shape index (κ3) is 6.02. The molecule has 29 heavy (non-hydrogen) atoms. The lowest BCUT2D eigenvalue weighted by molar-refractivity contribution is -0.688. The van der Waals surface area contributed by atoms with E-state index in [-0.39, 0.29) is 6.61 Å². The van der Waals surface area contributed by atoms with Crippen LogP contribution in [-0.2, 0) is 6.54 Å². The number of likely N-dealkylation sites (N-methyl/N-ethyl adjacent to an activating group) is 1. The molecule has 5 nitrogen and oxygen atoms in total. The molecule has 3 N–H and O–H groups in total. The van der Waals surface area contributed by atoms with Gasteiger partial charge in [-0.3, -0.25) is 0 Å². The molecule has 0 atom stereocenters. The van der Waals surface area contributed by atoms with Crippen molar-refractivity contribution in [3.05, 3.63) is 89.7 Å². The lowest BCUT2D eigenvalue weighted by atomic mass is 9.79. The maximum atomic E-state index is 9.30. The van der Waals surface area contributed by atoms with Crippen molar-refractivity contribution < 1.29 is 19.7 Å². The van der Waals surface area contributed by atoms with Gasteiger partial charge in [0.1, 0.15) is 0 Å². The van der Waals surface area contributed by atoms with Gasteiger partial charge in [-0.25, -0.2) is 4.57 Å². The quantitative estimate of drug-likeness (QED) is 0.402. The molecule has 3 rings (SSSR count). The maximum absolute atomic E-state index is 9.30. The standard InChI is InChI=1S/C23H26BN2O3/c1-25(15-16-27)23-9-7-19(8-10-23)5-6-20-11-13-26(14-12-20)18-21-3-2-4-22(17-21)24(28)29/h2-14,17,27-29H,15-16,18H2,1H3/q+1. The first-order chi connectivity index (χ1) is 14.0. The molecule has 148 valence electrons. The zero-order chi connectivity index (χ0) is 20.6. The zero-order valence-electron chi connectivity index (χ0n) is 16.5. The van der Waals surface area contributed by atoms with Gasteiger partial charge in [0, 0.05) is 37.0 Å². The molecule has 1 heterocycles. The Kier molecular flexibility index (Phi) is 7.19. The number of anilines is 1. The van der Waals surface area contributed by atoms with Crippen molar-refractivity contribution in [3.63, 3.8) is 0 Å². The van der Waals surface area contributed by atoms with Gasteiger partial charge >= 0.3 is 7.12 Å². The molecule has 3 aromatic rings. The average Bonchev–Trinajstić information content (AvgIpc) is 2.74. The predicted octanol–water partition coefficient (Wildman–Crippen LogP) is 1.30. The van der Waals surface area contributed by atoms with E-state index in [9.17, 15) is 10.0 Å². The lowest BCUT2D eigenvalue weighted by Gasteiger charge is -2.17. The van der Waals surface area contributed by atoms with E-state index in [2.05, 4.69) is 24.3 Å². The van der Waals surface area contributed by atoms with Crippen molar-refractivity contribution in [2.45, 2.75) is 6.54 Å². The maximum Gasteiger partial charge on any atom is 0.488 e. The number of pyridine rings is 1. The molecular formula is C23H26BN2O3+. The molecule has 0 saturated carbocycles. The normalized spacial score (nSPS) is 11.0. The Morgan fingerprint density at radius 3 is 2.21 bits per heavy atom. The second kappa shape index (κ2) is 10.0. The van der Waals surface area contributed by atoms with Gasteiger partial charge in [0.25, 0.3) is 0 Å². The van der Waals surface area contributed by atoms with Gasteiger partial charge in [-0.05, 0) is 28.7 Å². The fraction of sp³-hybridized carbons (Fsp3) is 0.174. The van der Waals surface area contributed by atoms with E-state index in [0.29, 0.717) is 18.6 Å². The minimum absolute atomic E-state index is 0.140. The molecule has 6 heteroatoms. The van der Waals surface area contributed by atoms with Gasteiger partial charge < -0.3 is 20.1 Å². The molecule has 0 fully saturated rings. The molecular weight excluding hydrogens is 363 g/mol. The van der Waals surface area contributed by atoms with E-state index in [1.165, 1.54) is 0 Å². The summed E-state index contributed by atoms with van der Waals surface area (Å²) in [7, 11) is 0.513. The van der Waals surface area contributed by atoms with Crippen molar-refractivity contribution in [3.8, 4) is 0 Å². The van der Waals surface area contributed by atoms with Crippen molar-refractivity contribution in [2.24, 2.45) is 0 Å². The second-order valence-corrected chi connectivity index (χ2v) is 6.99. The monoisotopic (exact) mass is 389 g/mol. The van der Waals surface area contributed by atoms with E-state index in [1.54, 1.807) is 12.1 Å². The molecule has 0 aliphatic rings. The predicted molar refractivity (Wildman–Crippen MR) is 118 cm³/mol. The second-order valence-electron chi connectivity index (χ2n) is 6.99. The van der Waals surface area contributed by atoms with Crippen molar-refractivity contribution in [1.82, 2.24) is 0 Å². The van der Waals surface area contributed by atoms with Crippen LogP contribution in [0.4, 0.5) is 5.69 Å². The first kappa shape index (κ1) is 20.8. The van der Waals surface area contributed by atoms with E-state index < -0.39 is 7.12 Å².